The number of nitrogens with one attached hydrogen (secondary N) is 1. The van der Waals surface area contributed by atoms with Gasteiger partial charge in [0.2, 0.25) is 0 Å². The van der Waals surface area contributed by atoms with Gasteiger partial charge in [0.15, 0.2) is 5.76 Å². The Kier molecular flexibility index (Phi) is 5.48. The molecule has 2 amide bonds. The third-order valence-corrected chi connectivity index (χ3v) is 6.28. The van der Waals surface area contributed by atoms with E-state index in [1.165, 1.54) is 12.4 Å². The van der Waals surface area contributed by atoms with Gasteiger partial charge in [0, 0.05) is 31.4 Å². The maximum atomic E-state index is 12.6. The second kappa shape index (κ2) is 8.22. The van der Waals surface area contributed by atoms with Crippen LogP contribution in [0.25, 0.3) is 6.08 Å². The van der Waals surface area contributed by atoms with Crippen molar-refractivity contribution in [2.24, 2.45) is 16.3 Å². The summed E-state index contributed by atoms with van der Waals surface area (Å²) in [6.07, 6.45) is 9.37. The van der Waals surface area contributed by atoms with E-state index < -0.39 is 0 Å². The summed E-state index contributed by atoms with van der Waals surface area (Å²) >= 11 is 0. The van der Waals surface area contributed by atoms with E-state index in [1.807, 2.05) is 11.8 Å². The van der Waals surface area contributed by atoms with Crippen LogP contribution in [0.15, 0.2) is 40.1 Å². The lowest BCUT2D eigenvalue weighted by Crippen LogP contribution is -2.40. The molecule has 2 aromatic rings. The lowest BCUT2D eigenvalue weighted by Gasteiger charge is -2.33. The van der Waals surface area contributed by atoms with Gasteiger partial charge in [0.1, 0.15) is 5.76 Å². The molecule has 1 spiro atoms. The van der Waals surface area contributed by atoms with Crippen LogP contribution in [0.3, 0.4) is 0 Å². The van der Waals surface area contributed by atoms with Crippen molar-refractivity contribution in [3.63, 3.8) is 0 Å². The molecule has 0 radical (unpaired) electrons. The summed E-state index contributed by atoms with van der Waals surface area (Å²) in [5.41, 5.74) is 1.63. The average molecular weight is 407 g/mol. The predicted molar refractivity (Wildman–Crippen MR) is 112 cm³/mol. The summed E-state index contributed by atoms with van der Waals surface area (Å²) < 4.78 is 5.57. The smallest absolute Gasteiger partial charge is 0.287 e. The first-order valence-corrected chi connectivity index (χ1v) is 10.1. The molecule has 1 N–H and O–H groups in total. The molecule has 2 aromatic heterocycles. The average Bonchev–Trinajstić information content (AvgIpc) is 3.30. The van der Waals surface area contributed by atoms with Crippen molar-refractivity contribution in [2.75, 3.05) is 19.6 Å². The SMILES string of the molecule is C=N/C=C\c1cc(C(=O)NCC2CC23CCN(C(=O)c2ccnnc2)CC3)oc1C. The van der Waals surface area contributed by atoms with Crippen molar-refractivity contribution in [3.8, 4) is 0 Å². The fourth-order valence-electron chi connectivity index (χ4n) is 4.30. The Morgan fingerprint density at radius 1 is 1.40 bits per heavy atom. The molecule has 8 nitrogen and oxygen atoms in total. The van der Waals surface area contributed by atoms with Crippen molar-refractivity contribution >= 4 is 24.6 Å². The van der Waals surface area contributed by atoms with Crippen LogP contribution in [0.1, 0.15) is 51.5 Å². The van der Waals surface area contributed by atoms with E-state index in [9.17, 15) is 9.59 Å². The Labute approximate surface area is 175 Å². The summed E-state index contributed by atoms with van der Waals surface area (Å²) in [7, 11) is 0. The zero-order valence-corrected chi connectivity index (χ0v) is 17.0. The molecule has 30 heavy (non-hydrogen) atoms. The molecule has 2 aliphatic rings. The largest absolute Gasteiger partial charge is 0.456 e. The molecule has 1 atom stereocenters. The first-order chi connectivity index (χ1) is 14.5. The summed E-state index contributed by atoms with van der Waals surface area (Å²) in [6.45, 7) is 7.30. The molecule has 3 heterocycles. The van der Waals surface area contributed by atoms with Crippen molar-refractivity contribution in [3.05, 3.63) is 53.4 Å². The van der Waals surface area contributed by atoms with Gasteiger partial charge >= 0.3 is 0 Å². The number of hydrogen-bond donors (Lipinski definition) is 1. The van der Waals surface area contributed by atoms with Crippen molar-refractivity contribution in [1.29, 1.82) is 0 Å². The number of amides is 2. The van der Waals surface area contributed by atoms with Crippen molar-refractivity contribution in [1.82, 2.24) is 20.4 Å². The van der Waals surface area contributed by atoms with Gasteiger partial charge in [-0.25, -0.2) is 0 Å². The molecule has 156 valence electrons. The number of aryl methyl sites for hydroxylation is 1. The number of rotatable bonds is 6. The molecule has 8 heteroatoms. The van der Waals surface area contributed by atoms with Crippen LogP contribution >= 0.6 is 0 Å². The summed E-state index contributed by atoms with van der Waals surface area (Å²) in [6, 6.07) is 3.41. The van der Waals surface area contributed by atoms with Crippen LogP contribution in [0.2, 0.25) is 0 Å². The molecule has 1 aliphatic carbocycles. The standard InChI is InChI=1S/C22H25N5O3/c1-15-16(3-7-23-2)11-19(30-15)20(28)24-14-18-12-22(18)5-9-27(10-6-22)21(29)17-4-8-25-26-13-17/h3-4,7-8,11,13,18H,2,5-6,9-10,12,14H2,1H3,(H,24,28)/b7-3-. The van der Waals surface area contributed by atoms with Gasteiger partial charge in [-0.3, -0.25) is 14.6 Å². The predicted octanol–water partition coefficient (Wildman–Crippen LogP) is 2.72. The van der Waals surface area contributed by atoms with Crippen molar-refractivity contribution < 1.29 is 14.0 Å². The number of aromatic nitrogens is 2. The fraction of sp³-hybridized carbons (Fsp3) is 0.409. The number of piperidine rings is 1. The van der Waals surface area contributed by atoms with E-state index in [-0.39, 0.29) is 17.2 Å². The third-order valence-electron chi connectivity index (χ3n) is 6.28. The molecular formula is C22H25N5O3. The Morgan fingerprint density at radius 3 is 2.90 bits per heavy atom. The Morgan fingerprint density at radius 2 is 2.20 bits per heavy atom. The number of nitrogens with zero attached hydrogens (tertiary/aromatic N) is 4. The van der Waals surface area contributed by atoms with Gasteiger partial charge in [-0.15, -0.1) is 0 Å². The number of carbonyl (C=O) groups is 2. The maximum Gasteiger partial charge on any atom is 0.287 e. The van der Waals surface area contributed by atoms with E-state index in [1.54, 1.807) is 24.4 Å². The summed E-state index contributed by atoms with van der Waals surface area (Å²) in [4.78, 5) is 30.6. The minimum absolute atomic E-state index is 0.00921. The molecule has 0 bridgehead atoms. The van der Waals surface area contributed by atoms with Crippen LogP contribution < -0.4 is 5.32 Å². The fourth-order valence-corrected chi connectivity index (χ4v) is 4.30. The van der Waals surface area contributed by atoms with Gasteiger partial charge in [-0.05, 0) is 62.4 Å². The monoisotopic (exact) mass is 407 g/mol. The van der Waals surface area contributed by atoms with Gasteiger partial charge in [-0.1, -0.05) is 0 Å². The zero-order valence-electron chi connectivity index (χ0n) is 17.0. The molecular weight excluding hydrogens is 382 g/mol. The highest BCUT2D eigenvalue weighted by Crippen LogP contribution is 2.59. The van der Waals surface area contributed by atoms with Crippen molar-refractivity contribution in [2.45, 2.75) is 26.2 Å². The molecule has 4 rings (SSSR count). The first kappa shape index (κ1) is 20.0. The quantitative estimate of drug-likeness (QED) is 0.742. The topological polar surface area (TPSA) is 101 Å². The highest BCUT2D eigenvalue weighted by atomic mass is 16.3. The first-order valence-electron chi connectivity index (χ1n) is 10.1. The van der Waals surface area contributed by atoms with E-state index in [0.717, 1.165) is 37.9 Å². The highest BCUT2D eigenvalue weighted by molar-refractivity contribution is 5.94. The van der Waals surface area contributed by atoms with E-state index in [2.05, 4.69) is 27.2 Å². The van der Waals surface area contributed by atoms with E-state index >= 15 is 0 Å². The molecule has 1 unspecified atom stereocenters. The van der Waals surface area contributed by atoms with E-state index in [0.29, 0.717) is 29.5 Å². The van der Waals surface area contributed by atoms with Crippen LogP contribution in [0.4, 0.5) is 0 Å². The molecule has 1 saturated carbocycles. The lowest BCUT2D eigenvalue weighted by atomic mass is 9.90. The summed E-state index contributed by atoms with van der Waals surface area (Å²) in [5.74, 6) is 1.22. The van der Waals surface area contributed by atoms with Gasteiger partial charge in [-0.2, -0.15) is 10.2 Å². The van der Waals surface area contributed by atoms with E-state index in [4.69, 9.17) is 4.42 Å². The number of aliphatic imine (C=N–C) groups is 1. The van der Waals surface area contributed by atoms with Crippen LogP contribution in [-0.4, -0.2) is 53.3 Å². The summed E-state index contributed by atoms with van der Waals surface area (Å²) in [5, 5.41) is 10.5. The number of carbonyl (C=O) groups excluding carboxylic acids is 2. The Balaban J connectivity index is 1.27. The number of furan rings is 1. The second-order valence-corrected chi connectivity index (χ2v) is 8.02. The Bertz CT molecular complexity index is 974. The lowest BCUT2D eigenvalue weighted by molar-refractivity contribution is 0.0668. The third kappa shape index (κ3) is 4.03. The number of hydrogen-bond acceptors (Lipinski definition) is 6. The normalized spacial score (nSPS) is 19.8. The highest BCUT2D eigenvalue weighted by Gasteiger charge is 2.54. The maximum absolute atomic E-state index is 12.6. The Hall–Kier alpha value is -3.29. The molecule has 1 saturated heterocycles. The van der Waals surface area contributed by atoms with Gasteiger partial charge in [0.05, 0.1) is 18.0 Å². The second-order valence-electron chi connectivity index (χ2n) is 8.02. The minimum atomic E-state index is -0.204. The van der Waals surface area contributed by atoms with Crippen LogP contribution in [0, 0.1) is 18.3 Å². The van der Waals surface area contributed by atoms with Crippen LogP contribution in [-0.2, 0) is 0 Å². The molecule has 0 aromatic carbocycles. The number of likely N-dealkylation sites (tertiary alicyclic amines) is 1. The van der Waals surface area contributed by atoms with Gasteiger partial charge < -0.3 is 14.6 Å². The molecule has 2 fully saturated rings. The van der Waals surface area contributed by atoms with Crippen LogP contribution in [0.5, 0.6) is 0 Å². The minimum Gasteiger partial charge on any atom is -0.456 e. The zero-order chi connectivity index (χ0) is 21.1. The van der Waals surface area contributed by atoms with Gasteiger partial charge in [0.25, 0.3) is 11.8 Å². The molecule has 1 aliphatic heterocycles.